The number of benzene rings is 1. The van der Waals surface area contributed by atoms with E-state index in [1.165, 1.54) is 0 Å². The van der Waals surface area contributed by atoms with Crippen molar-refractivity contribution in [3.63, 3.8) is 0 Å². The van der Waals surface area contributed by atoms with E-state index in [1.807, 2.05) is 19.1 Å². The molecule has 0 heterocycles. The fourth-order valence-electron chi connectivity index (χ4n) is 2.22. The van der Waals surface area contributed by atoms with E-state index in [0.29, 0.717) is 6.61 Å². The summed E-state index contributed by atoms with van der Waals surface area (Å²) in [6.45, 7) is 9.01. The van der Waals surface area contributed by atoms with Crippen LogP contribution in [0, 0.1) is 0 Å². The Labute approximate surface area is 123 Å². The molecule has 0 aliphatic rings. The summed E-state index contributed by atoms with van der Waals surface area (Å²) in [7, 11) is 0. The Morgan fingerprint density at radius 2 is 1.95 bits per heavy atom. The summed E-state index contributed by atoms with van der Waals surface area (Å²) in [6.07, 6.45) is 4.13. The Morgan fingerprint density at radius 1 is 1.20 bits per heavy atom. The molecule has 2 N–H and O–H groups in total. The van der Waals surface area contributed by atoms with Gasteiger partial charge in [0.2, 0.25) is 0 Å². The van der Waals surface area contributed by atoms with E-state index in [2.05, 4.69) is 26.8 Å². The number of rotatable bonds is 9. The molecule has 1 rings (SSSR count). The first-order valence-electron chi connectivity index (χ1n) is 7.79. The molecule has 2 atom stereocenters. The number of hydrogen-bond acceptors (Lipinski definition) is 3. The normalized spacial score (nSPS) is 13.8. The van der Waals surface area contributed by atoms with Gasteiger partial charge in [-0.1, -0.05) is 32.4 Å². The van der Waals surface area contributed by atoms with Crippen LogP contribution in [0.5, 0.6) is 11.5 Å². The maximum absolute atomic E-state index is 6.13. The van der Waals surface area contributed by atoms with Crippen molar-refractivity contribution in [2.45, 2.75) is 65.5 Å². The first-order chi connectivity index (χ1) is 9.62. The van der Waals surface area contributed by atoms with E-state index >= 15 is 0 Å². The highest BCUT2D eigenvalue weighted by atomic mass is 16.5. The Balaban J connectivity index is 2.98. The van der Waals surface area contributed by atoms with E-state index < -0.39 is 0 Å². The summed E-state index contributed by atoms with van der Waals surface area (Å²) in [5.41, 5.74) is 7.24. The Bertz CT molecular complexity index is 393. The first kappa shape index (κ1) is 16.8. The maximum Gasteiger partial charge on any atom is 0.164 e. The van der Waals surface area contributed by atoms with Crippen molar-refractivity contribution in [1.29, 1.82) is 0 Å². The van der Waals surface area contributed by atoms with Crippen molar-refractivity contribution in [2.75, 3.05) is 6.61 Å². The fraction of sp³-hybridized carbons (Fsp3) is 0.647. The van der Waals surface area contributed by atoms with Crippen LogP contribution >= 0.6 is 0 Å². The monoisotopic (exact) mass is 279 g/mol. The van der Waals surface area contributed by atoms with Crippen molar-refractivity contribution >= 4 is 0 Å². The standard InChI is InChI=1S/C17H29NO2/c1-5-9-13(4)20-17-14(12-15(18)6-2)10-8-11-16(17)19-7-3/h8,10-11,13,15H,5-7,9,12,18H2,1-4H3. The molecule has 0 aromatic heterocycles. The average molecular weight is 279 g/mol. The van der Waals surface area contributed by atoms with Crippen LogP contribution in [0.1, 0.15) is 52.5 Å². The van der Waals surface area contributed by atoms with Crippen LogP contribution in [-0.4, -0.2) is 18.8 Å². The highest BCUT2D eigenvalue weighted by Crippen LogP contribution is 2.33. The molecule has 0 fully saturated rings. The topological polar surface area (TPSA) is 44.5 Å². The van der Waals surface area contributed by atoms with E-state index in [9.17, 15) is 0 Å². The largest absolute Gasteiger partial charge is 0.490 e. The predicted molar refractivity (Wildman–Crippen MR) is 84.6 cm³/mol. The van der Waals surface area contributed by atoms with Gasteiger partial charge in [0.25, 0.3) is 0 Å². The predicted octanol–water partition coefficient (Wildman–Crippen LogP) is 3.93. The van der Waals surface area contributed by atoms with Crippen LogP contribution in [0.15, 0.2) is 18.2 Å². The van der Waals surface area contributed by atoms with Gasteiger partial charge < -0.3 is 15.2 Å². The van der Waals surface area contributed by atoms with Crippen LogP contribution in [0.4, 0.5) is 0 Å². The Morgan fingerprint density at radius 3 is 2.55 bits per heavy atom. The lowest BCUT2D eigenvalue weighted by Crippen LogP contribution is -2.22. The lowest BCUT2D eigenvalue weighted by atomic mass is 10.0. The van der Waals surface area contributed by atoms with Crippen LogP contribution in [0.25, 0.3) is 0 Å². The molecule has 114 valence electrons. The molecular weight excluding hydrogens is 250 g/mol. The van der Waals surface area contributed by atoms with Gasteiger partial charge in [-0.15, -0.1) is 0 Å². The van der Waals surface area contributed by atoms with Gasteiger partial charge in [0, 0.05) is 6.04 Å². The molecule has 0 amide bonds. The second-order valence-electron chi connectivity index (χ2n) is 5.27. The molecular formula is C17H29NO2. The van der Waals surface area contributed by atoms with Gasteiger partial charge in [-0.25, -0.2) is 0 Å². The maximum atomic E-state index is 6.13. The summed E-state index contributed by atoms with van der Waals surface area (Å²) in [5, 5.41) is 0. The molecule has 3 nitrogen and oxygen atoms in total. The van der Waals surface area contributed by atoms with Gasteiger partial charge in [-0.3, -0.25) is 0 Å². The van der Waals surface area contributed by atoms with E-state index in [4.69, 9.17) is 15.2 Å². The molecule has 0 aliphatic heterocycles. The summed E-state index contributed by atoms with van der Waals surface area (Å²) in [5.74, 6) is 1.70. The lowest BCUT2D eigenvalue weighted by molar-refractivity contribution is 0.194. The van der Waals surface area contributed by atoms with Crippen molar-refractivity contribution in [1.82, 2.24) is 0 Å². The second kappa shape index (κ2) is 8.85. The zero-order chi connectivity index (χ0) is 15.0. The molecule has 0 saturated heterocycles. The minimum atomic E-state index is 0.163. The van der Waals surface area contributed by atoms with Crippen molar-refractivity contribution in [3.8, 4) is 11.5 Å². The van der Waals surface area contributed by atoms with E-state index in [-0.39, 0.29) is 12.1 Å². The number of hydrogen-bond donors (Lipinski definition) is 1. The van der Waals surface area contributed by atoms with Crippen molar-refractivity contribution < 1.29 is 9.47 Å². The van der Waals surface area contributed by atoms with Gasteiger partial charge in [0.15, 0.2) is 11.5 Å². The van der Waals surface area contributed by atoms with Crippen LogP contribution in [-0.2, 0) is 6.42 Å². The molecule has 0 spiro atoms. The number of ether oxygens (including phenoxy) is 2. The third kappa shape index (κ3) is 5.04. The molecule has 1 aromatic rings. The minimum absolute atomic E-state index is 0.163. The minimum Gasteiger partial charge on any atom is -0.490 e. The molecule has 0 aliphatic carbocycles. The molecule has 3 heteroatoms. The summed E-state index contributed by atoms with van der Waals surface area (Å²) < 4.78 is 11.8. The fourth-order valence-corrected chi connectivity index (χ4v) is 2.22. The molecule has 0 bridgehead atoms. The SMILES string of the molecule is CCCC(C)Oc1c(CC(N)CC)cccc1OCC. The molecule has 20 heavy (non-hydrogen) atoms. The van der Waals surface area contributed by atoms with Crippen LogP contribution in [0.2, 0.25) is 0 Å². The molecule has 0 saturated carbocycles. The number of nitrogens with two attached hydrogens (primary N) is 1. The highest BCUT2D eigenvalue weighted by Gasteiger charge is 2.15. The third-order valence-electron chi connectivity index (χ3n) is 3.38. The summed E-state index contributed by atoms with van der Waals surface area (Å²) in [6, 6.07) is 6.24. The lowest BCUT2D eigenvalue weighted by Gasteiger charge is -2.21. The summed E-state index contributed by atoms with van der Waals surface area (Å²) in [4.78, 5) is 0. The molecule has 2 unspecified atom stereocenters. The zero-order valence-electron chi connectivity index (χ0n) is 13.3. The van der Waals surface area contributed by atoms with Crippen LogP contribution in [0.3, 0.4) is 0 Å². The molecule has 0 radical (unpaired) electrons. The van der Waals surface area contributed by atoms with Gasteiger partial charge in [0.05, 0.1) is 12.7 Å². The number of para-hydroxylation sites is 1. The second-order valence-corrected chi connectivity index (χ2v) is 5.27. The summed E-state index contributed by atoms with van der Waals surface area (Å²) >= 11 is 0. The van der Waals surface area contributed by atoms with Gasteiger partial charge in [0.1, 0.15) is 0 Å². The smallest absolute Gasteiger partial charge is 0.164 e. The van der Waals surface area contributed by atoms with Gasteiger partial charge in [-0.2, -0.15) is 0 Å². The Hall–Kier alpha value is -1.22. The van der Waals surface area contributed by atoms with Gasteiger partial charge in [-0.05, 0) is 44.7 Å². The van der Waals surface area contributed by atoms with Crippen molar-refractivity contribution in [3.05, 3.63) is 23.8 Å². The first-order valence-corrected chi connectivity index (χ1v) is 7.79. The Kier molecular flexibility index (Phi) is 7.45. The quantitative estimate of drug-likeness (QED) is 0.745. The third-order valence-corrected chi connectivity index (χ3v) is 3.38. The van der Waals surface area contributed by atoms with Gasteiger partial charge >= 0.3 is 0 Å². The highest BCUT2D eigenvalue weighted by molar-refractivity contribution is 5.47. The van der Waals surface area contributed by atoms with Crippen molar-refractivity contribution in [2.24, 2.45) is 5.73 Å². The zero-order valence-corrected chi connectivity index (χ0v) is 13.3. The van der Waals surface area contributed by atoms with E-state index in [0.717, 1.165) is 42.7 Å². The average Bonchev–Trinajstić information content (AvgIpc) is 2.42. The van der Waals surface area contributed by atoms with E-state index in [1.54, 1.807) is 0 Å². The van der Waals surface area contributed by atoms with Crippen LogP contribution < -0.4 is 15.2 Å². The molecule has 1 aromatic carbocycles.